The van der Waals surface area contributed by atoms with Gasteiger partial charge in [0.2, 0.25) is 0 Å². The molecule has 0 radical (unpaired) electrons. The normalized spacial score (nSPS) is 11.2. The Balaban J connectivity index is 2.90. The quantitative estimate of drug-likeness (QED) is 0.483. The van der Waals surface area contributed by atoms with Crippen molar-refractivity contribution in [3.63, 3.8) is 0 Å². The van der Waals surface area contributed by atoms with Gasteiger partial charge in [-0.1, -0.05) is 0 Å². The fourth-order valence-corrected chi connectivity index (χ4v) is 1.38. The highest BCUT2D eigenvalue weighted by atomic mass is 19.4. The summed E-state index contributed by atoms with van der Waals surface area (Å²) in [5, 5.41) is 0. The molecular weight excluding hydrogens is 268 g/mol. The molecule has 0 spiro atoms. The summed E-state index contributed by atoms with van der Waals surface area (Å²) in [6.45, 7) is 0. The second kappa shape index (κ2) is 5.81. The number of hydrogen-bond acceptors (Lipinski definition) is 3. The maximum Gasteiger partial charge on any atom is 0.419 e. The second-order valence-corrected chi connectivity index (χ2v) is 3.69. The molecule has 0 heterocycles. The van der Waals surface area contributed by atoms with Crippen molar-refractivity contribution in [2.75, 3.05) is 7.11 Å². The lowest BCUT2D eigenvalue weighted by Crippen LogP contribution is -2.11. The number of carbonyl (C=O) groups is 2. The number of ether oxygens (including phenoxy) is 1. The van der Waals surface area contributed by atoms with Gasteiger partial charge in [-0.3, -0.25) is 9.59 Å². The lowest BCUT2D eigenvalue weighted by molar-refractivity contribution is -0.141. The first kappa shape index (κ1) is 15.1. The third-order valence-electron chi connectivity index (χ3n) is 2.38. The molecule has 0 aliphatic rings. The summed E-state index contributed by atoms with van der Waals surface area (Å²) in [4.78, 5) is 22.4. The summed E-state index contributed by atoms with van der Waals surface area (Å²) < 4.78 is 54.6. The summed E-state index contributed by atoms with van der Waals surface area (Å²) in [6.07, 6.45) is -5.41. The maximum atomic E-state index is 13.0. The molecular formula is C12H10F4O3. The zero-order valence-corrected chi connectivity index (χ0v) is 9.88. The number of hydrogen-bond donors (Lipinski definition) is 0. The van der Waals surface area contributed by atoms with E-state index in [1.807, 2.05) is 0 Å². The molecule has 7 heteroatoms. The lowest BCUT2D eigenvalue weighted by Gasteiger charge is -2.09. The summed E-state index contributed by atoms with van der Waals surface area (Å²) in [5.74, 6) is -2.78. The molecule has 0 saturated heterocycles. The monoisotopic (exact) mass is 278 g/mol. The number of esters is 1. The van der Waals surface area contributed by atoms with E-state index >= 15 is 0 Å². The molecule has 1 rings (SSSR count). The molecule has 0 bridgehead atoms. The van der Waals surface area contributed by atoms with Crippen molar-refractivity contribution in [3.8, 4) is 0 Å². The van der Waals surface area contributed by atoms with Crippen LogP contribution in [0.3, 0.4) is 0 Å². The molecule has 3 nitrogen and oxygen atoms in total. The number of alkyl halides is 3. The lowest BCUT2D eigenvalue weighted by atomic mass is 10.0. The van der Waals surface area contributed by atoms with E-state index in [1.54, 1.807) is 0 Å². The van der Waals surface area contributed by atoms with Gasteiger partial charge < -0.3 is 4.74 Å². The van der Waals surface area contributed by atoms with Crippen LogP contribution in [0.5, 0.6) is 0 Å². The SMILES string of the molecule is COC(=O)CCC(=O)c1ccc(F)c(C(F)(F)F)c1. The van der Waals surface area contributed by atoms with Gasteiger partial charge in [0.05, 0.1) is 19.1 Å². The number of Topliss-reactive ketones (excluding diaryl/α,β-unsaturated/α-hetero) is 1. The largest absolute Gasteiger partial charge is 0.469 e. The average Bonchev–Trinajstić information content (AvgIpc) is 2.34. The number of rotatable bonds is 4. The zero-order chi connectivity index (χ0) is 14.6. The third-order valence-corrected chi connectivity index (χ3v) is 2.38. The van der Waals surface area contributed by atoms with Gasteiger partial charge in [-0.2, -0.15) is 13.2 Å². The van der Waals surface area contributed by atoms with Crippen LogP contribution in [0.4, 0.5) is 17.6 Å². The molecule has 0 fully saturated rings. The minimum absolute atomic E-state index is 0.242. The van der Waals surface area contributed by atoms with Crippen molar-refractivity contribution in [1.82, 2.24) is 0 Å². The van der Waals surface area contributed by atoms with Gasteiger partial charge in [-0.25, -0.2) is 4.39 Å². The number of ketones is 1. The maximum absolute atomic E-state index is 13.0. The molecule has 104 valence electrons. The van der Waals surface area contributed by atoms with E-state index in [9.17, 15) is 27.2 Å². The Morgan fingerprint density at radius 2 is 1.84 bits per heavy atom. The van der Waals surface area contributed by atoms with Crippen molar-refractivity contribution >= 4 is 11.8 Å². The van der Waals surface area contributed by atoms with E-state index in [0.717, 1.165) is 13.2 Å². The van der Waals surface area contributed by atoms with E-state index in [0.29, 0.717) is 12.1 Å². The van der Waals surface area contributed by atoms with Gasteiger partial charge >= 0.3 is 12.1 Å². The molecule has 0 aromatic heterocycles. The summed E-state index contributed by atoms with van der Waals surface area (Å²) in [6, 6.07) is 1.97. The molecule has 19 heavy (non-hydrogen) atoms. The van der Waals surface area contributed by atoms with Crippen LogP contribution in [0.1, 0.15) is 28.8 Å². The second-order valence-electron chi connectivity index (χ2n) is 3.69. The summed E-state index contributed by atoms with van der Waals surface area (Å²) in [7, 11) is 1.13. The fourth-order valence-electron chi connectivity index (χ4n) is 1.38. The molecule has 1 aromatic carbocycles. The minimum atomic E-state index is -4.87. The Labute approximate surface area is 106 Å². The van der Waals surface area contributed by atoms with Crippen LogP contribution >= 0.6 is 0 Å². The van der Waals surface area contributed by atoms with E-state index in [2.05, 4.69) is 4.74 Å². The van der Waals surface area contributed by atoms with Crippen molar-refractivity contribution < 1.29 is 31.9 Å². The Morgan fingerprint density at radius 3 is 2.37 bits per heavy atom. The van der Waals surface area contributed by atoms with Crippen LogP contribution in [0.2, 0.25) is 0 Å². The number of carbonyl (C=O) groups excluding carboxylic acids is 2. The first-order valence-electron chi connectivity index (χ1n) is 5.22. The smallest absolute Gasteiger partial charge is 0.419 e. The van der Waals surface area contributed by atoms with Crippen LogP contribution < -0.4 is 0 Å². The highest BCUT2D eigenvalue weighted by Gasteiger charge is 2.34. The van der Waals surface area contributed by atoms with E-state index in [1.165, 1.54) is 0 Å². The van der Waals surface area contributed by atoms with Gasteiger partial charge in [0.25, 0.3) is 0 Å². The number of halogens is 4. The van der Waals surface area contributed by atoms with E-state index in [4.69, 9.17) is 0 Å². The molecule has 0 N–H and O–H groups in total. The molecule has 0 atom stereocenters. The first-order valence-corrected chi connectivity index (χ1v) is 5.22. The van der Waals surface area contributed by atoms with Gasteiger partial charge in [0, 0.05) is 12.0 Å². The Hall–Kier alpha value is -1.92. The molecule has 0 amide bonds. The van der Waals surface area contributed by atoms with Gasteiger partial charge in [0.1, 0.15) is 5.82 Å². The predicted molar refractivity (Wildman–Crippen MR) is 57.0 cm³/mol. The standard InChI is InChI=1S/C12H10F4O3/c1-19-11(18)5-4-10(17)7-2-3-9(13)8(6-7)12(14,15)16/h2-3,6H,4-5H2,1H3. The zero-order valence-electron chi connectivity index (χ0n) is 9.88. The van der Waals surface area contributed by atoms with Crippen molar-refractivity contribution in [3.05, 3.63) is 35.1 Å². The van der Waals surface area contributed by atoms with E-state index < -0.39 is 29.3 Å². The van der Waals surface area contributed by atoms with Gasteiger partial charge in [-0.05, 0) is 18.2 Å². The third kappa shape index (κ3) is 4.04. The van der Waals surface area contributed by atoms with Crippen LogP contribution in [0, 0.1) is 5.82 Å². The van der Waals surface area contributed by atoms with Crippen molar-refractivity contribution in [2.24, 2.45) is 0 Å². The molecule has 0 aliphatic heterocycles. The fraction of sp³-hybridized carbons (Fsp3) is 0.333. The van der Waals surface area contributed by atoms with Crippen LogP contribution in [0.15, 0.2) is 18.2 Å². The van der Waals surface area contributed by atoms with Gasteiger partial charge in [0.15, 0.2) is 5.78 Å². The molecule has 1 aromatic rings. The molecule has 0 aliphatic carbocycles. The highest BCUT2D eigenvalue weighted by Crippen LogP contribution is 2.32. The first-order chi connectivity index (χ1) is 8.75. The Kier molecular flexibility index (Phi) is 4.63. The summed E-state index contributed by atoms with van der Waals surface area (Å²) in [5.41, 5.74) is -1.80. The molecule has 0 unspecified atom stereocenters. The average molecular weight is 278 g/mol. The van der Waals surface area contributed by atoms with Gasteiger partial charge in [-0.15, -0.1) is 0 Å². The number of benzene rings is 1. The van der Waals surface area contributed by atoms with E-state index in [-0.39, 0.29) is 18.4 Å². The van der Waals surface area contributed by atoms with Crippen LogP contribution in [-0.4, -0.2) is 18.9 Å². The van der Waals surface area contributed by atoms with Crippen molar-refractivity contribution in [2.45, 2.75) is 19.0 Å². The highest BCUT2D eigenvalue weighted by molar-refractivity contribution is 5.97. The molecule has 0 saturated carbocycles. The number of methoxy groups -OCH3 is 1. The minimum Gasteiger partial charge on any atom is -0.469 e. The topological polar surface area (TPSA) is 43.4 Å². The van der Waals surface area contributed by atoms with Crippen molar-refractivity contribution in [1.29, 1.82) is 0 Å². The Morgan fingerprint density at radius 1 is 1.21 bits per heavy atom. The van der Waals surface area contributed by atoms with Crippen LogP contribution in [0.25, 0.3) is 0 Å². The van der Waals surface area contributed by atoms with Crippen LogP contribution in [-0.2, 0) is 15.7 Å². The predicted octanol–water partition coefficient (Wildman–Crippen LogP) is 2.98. The Bertz CT molecular complexity index is 494. The summed E-state index contributed by atoms with van der Waals surface area (Å²) >= 11 is 0.